The summed E-state index contributed by atoms with van der Waals surface area (Å²) in [4.78, 5) is 29.1. The Bertz CT molecular complexity index is 398. The summed E-state index contributed by atoms with van der Waals surface area (Å²) in [6.07, 6.45) is 7.80. The molecule has 2 amide bonds. The standard InChI is InChI=1S/C16H27N3O2/c1-18-9-7-13(8-10-18)19-11-14(20)17-15(16(19)21)12-5-3-2-4-6-12/h12-13,15H,2-11H2,1H3,(H,17,20). The van der Waals surface area contributed by atoms with Crippen LogP contribution in [0.1, 0.15) is 44.9 Å². The zero-order valence-electron chi connectivity index (χ0n) is 13.0. The number of nitrogens with one attached hydrogen (secondary N) is 1. The number of piperazine rings is 1. The second-order valence-electron chi connectivity index (χ2n) is 6.94. The summed E-state index contributed by atoms with van der Waals surface area (Å²) in [5.74, 6) is 0.560. The predicted molar refractivity (Wildman–Crippen MR) is 80.7 cm³/mol. The third kappa shape index (κ3) is 3.23. The molecule has 0 spiro atoms. The van der Waals surface area contributed by atoms with E-state index in [1.807, 2.05) is 4.90 Å². The van der Waals surface area contributed by atoms with E-state index in [9.17, 15) is 9.59 Å². The van der Waals surface area contributed by atoms with Gasteiger partial charge in [0.15, 0.2) is 0 Å². The maximum Gasteiger partial charge on any atom is 0.246 e. The van der Waals surface area contributed by atoms with Gasteiger partial charge in [-0.3, -0.25) is 9.59 Å². The number of hydrogen-bond donors (Lipinski definition) is 1. The predicted octanol–water partition coefficient (Wildman–Crippen LogP) is 0.988. The highest BCUT2D eigenvalue weighted by atomic mass is 16.2. The van der Waals surface area contributed by atoms with Crippen molar-refractivity contribution in [3.05, 3.63) is 0 Å². The Labute approximate surface area is 127 Å². The van der Waals surface area contributed by atoms with Crippen LogP contribution in [-0.2, 0) is 9.59 Å². The molecule has 1 unspecified atom stereocenters. The molecule has 2 heterocycles. The number of rotatable bonds is 2. The summed E-state index contributed by atoms with van der Waals surface area (Å²) in [7, 11) is 2.12. The SMILES string of the molecule is CN1CCC(N2CC(=O)NC(C3CCCCC3)C2=O)CC1. The van der Waals surface area contributed by atoms with Crippen molar-refractivity contribution in [3.8, 4) is 0 Å². The van der Waals surface area contributed by atoms with Crippen LogP contribution in [0.3, 0.4) is 0 Å². The molecule has 3 aliphatic rings. The molecule has 0 radical (unpaired) electrons. The van der Waals surface area contributed by atoms with Gasteiger partial charge in [-0.05, 0) is 51.7 Å². The van der Waals surface area contributed by atoms with Gasteiger partial charge in [-0.15, -0.1) is 0 Å². The van der Waals surface area contributed by atoms with E-state index in [1.54, 1.807) is 0 Å². The molecule has 5 heteroatoms. The van der Waals surface area contributed by atoms with Crippen LogP contribution in [0.4, 0.5) is 0 Å². The van der Waals surface area contributed by atoms with Gasteiger partial charge in [-0.1, -0.05) is 19.3 Å². The van der Waals surface area contributed by atoms with Crippen molar-refractivity contribution in [3.63, 3.8) is 0 Å². The third-order valence-corrected chi connectivity index (χ3v) is 5.43. The van der Waals surface area contributed by atoms with Gasteiger partial charge in [0.1, 0.15) is 6.04 Å². The lowest BCUT2D eigenvalue weighted by atomic mass is 9.82. The van der Waals surface area contributed by atoms with Crippen LogP contribution in [0.15, 0.2) is 0 Å². The van der Waals surface area contributed by atoms with Gasteiger partial charge in [0.25, 0.3) is 0 Å². The van der Waals surface area contributed by atoms with E-state index in [0.29, 0.717) is 5.92 Å². The van der Waals surface area contributed by atoms with Crippen LogP contribution < -0.4 is 5.32 Å². The van der Waals surface area contributed by atoms with Crippen molar-refractivity contribution >= 4 is 11.8 Å². The zero-order chi connectivity index (χ0) is 14.8. The molecule has 1 N–H and O–H groups in total. The fraction of sp³-hybridized carbons (Fsp3) is 0.875. The summed E-state index contributed by atoms with van der Waals surface area (Å²) < 4.78 is 0. The second-order valence-corrected chi connectivity index (χ2v) is 6.94. The molecular formula is C16H27N3O2. The molecule has 0 bridgehead atoms. The molecule has 1 atom stereocenters. The summed E-state index contributed by atoms with van der Waals surface area (Å²) in [5, 5.41) is 2.97. The van der Waals surface area contributed by atoms with Crippen LogP contribution in [-0.4, -0.2) is 60.4 Å². The number of carbonyl (C=O) groups excluding carboxylic acids is 2. The van der Waals surface area contributed by atoms with E-state index >= 15 is 0 Å². The molecule has 0 aromatic carbocycles. The van der Waals surface area contributed by atoms with Gasteiger partial charge >= 0.3 is 0 Å². The van der Waals surface area contributed by atoms with E-state index < -0.39 is 0 Å². The Morgan fingerprint density at radius 2 is 1.67 bits per heavy atom. The molecule has 3 rings (SSSR count). The zero-order valence-corrected chi connectivity index (χ0v) is 13.0. The molecule has 1 aliphatic carbocycles. The maximum absolute atomic E-state index is 12.8. The third-order valence-electron chi connectivity index (χ3n) is 5.43. The van der Waals surface area contributed by atoms with Crippen LogP contribution in [0, 0.1) is 5.92 Å². The minimum absolute atomic E-state index is 0.0316. The average molecular weight is 293 g/mol. The Morgan fingerprint density at radius 1 is 1.00 bits per heavy atom. The first-order chi connectivity index (χ1) is 10.1. The highest BCUT2D eigenvalue weighted by Gasteiger charge is 2.41. The lowest BCUT2D eigenvalue weighted by Gasteiger charge is -2.43. The van der Waals surface area contributed by atoms with E-state index in [-0.39, 0.29) is 30.4 Å². The van der Waals surface area contributed by atoms with E-state index in [2.05, 4.69) is 17.3 Å². The summed E-state index contributed by atoms with van der Waals surface area (Å²) in [6.45, 7) is 2.30. The Kier molecular flexibility index (Phi) is 4.48. The van der Waals surface area contributed by atoms with Gasteiger partial charge in [0, 0.05) is 6.04 Å². The van der Waals surface area contributed by atoms with E-state index in [1.165, 1.54) is 19.3 Å². The lowest BCUT2D eigenvalue weighted by Crippen LogP contribution is -2.63. The normalized spacial score (nSPS) is 30.5. The molecule has 21 heavy (non-hydrogen) atoms. The van der Waals surface area contributed by atoms with Gasteiger partial charge in [-0.25, -0.2) is 0 Å². The lowest BCUT2D eigenvalue weighted by molar-refractivity contribution is -0.149. The van der Waals surface area contributed by atoms with Crippen LogP contribution >= 0.6 is 0 Å². The Hall–Kier alpha value is -1.10. The van der Waals surface area contributed by atoms with Crippen molar-refractivity contribution in [2.45, 2.75) is 57.0 Å². The van der Waals surface area contributed by atoms with Gasteiger partial charge < -0.3 is 15.1 Å². The number of amides is 2. The summed E-state index contributed by atoms with van der Waals surface area (Å²) >= 11 is 0. The molecule has 0 aromatic rings. The number of nitrogens with zero attached hydrogens (tertiary/aromatic N) is 2. The minimum Gasteiger partial charge on any atom is -0.342 e. The summed E-state index contributed by atoms with van der Waals surface area (Å²) in [5.41, 5.74) is 0. The maximum atomic E-state index is 12.8. The molecule has 1 saturated carbocycles. The quantitative estimate of drug-likeness (QED) is 0.826. The average Bonchev–Trinajstić information content (AvgIpc) is 2.51. The molecule has 5 nitrogen and oxygen atoms in total. The van der Waals surface area contributed by atoms with E-state index in [4.69, 9.17) is 0 Å². The van der Waals surface area contributed by atoms with Gasteiger partial charge in [0.2, 0.25) is 11.8 Å². The smallest absolute Gasteiger partial charge is 0.246 e. The van der Waals surface area contributed by atoms with Crippen LogP contribution in [0.25, 0.3) is 0 Å². The number of piperidine rings is 1. The number of likely N-dealkylation sites (tertiary alicyclic amines) is 1. The molecule has 3 fully saturated rings. The van der Waals surface area contributed by atoms with E-state index in [0.717, 1.165) is 38.8 Å². The molecule has 0 aromatic heterocycles. The Morgan fingerprint density at radius 3 is 2.33 bits per heavy atom. The number of carbonyl (C=O) groups is 2. The van der Waals surface area contributed by atoms with Gasteiger partial charge in [0.05, 0.1) is 6.54 Å². The highest BCUT2D eigenvalue weighted by molar-refractivity contribution is 5.95. The fourth-order valence-electron chi connectivity index (χ4n) is 4.09. The highest BCUT2D eigenvalue weighted by Crippen LogP contribution is 2.29. The van der Waals surface area contributed by atoms with Crippen molar-refractivity contribution in [2.75, 3.05) is 26.7 Å². The first-order valence-electron chi connectivity index (χ1n) is 8.43. The monoisotopic (exact) mass is 293 g/mol. The summed E-state index contributed by atoms with van der Waals surface area (Å²) in [6, 6.07) is -0.00273. The van der Waals surface area contributed by atoms with Crippen molar-refractivity contribution in [1.29, 1.82) is 0 Å². The Balaban J connectivity index is 1.69. The molecule has 118 valence electrons. The molecule has 2 saturated heterocycles. The van der Waals surface area contributed by atoms with Crippen LogP contribution in [0.2, 0.25) is 0 Å². The van der Waals surface area contributed by atoms with Gasteiger partial charge in [-0.2, -0.15) is 0 Å². The van der Waals surface area contributed by atoms with Crippen molar-refractivity contribution in [1.82, 2.24) is 15.1 Å². The van der Waals surface area contributed by atoms with Crippen molar-refractivity contribution < 1.29 is 9.59 Å². The topological polar surface area (TPSA) is 52.6 Å². The largest absolute Gasteiger partial charge is 0.342 e. The second kappa shape index (κ2) is 6.34. The minimum atomic E-state index is -0.258. The fourth-order valence-corrected chi connectivity index (χ4v) is 4.09. The molecular weight excluding hydrogens is 266 g/mol. The first kappa shape index (κ1) is 14.8. The number of hydrogen-bond acceptors (Lipinski definition) is 3. The first-order valence-corrected chi connectivity index (χ1v) is 8.43. The van der Waals surface area contributed by atoms with Crippen LogP contribution in [0.5, 0.6) is 0 Å². The molecule has 2 aliphatic heterocycles. The van der Waals surface area contributed by atoms with Crippen molar-refractivity contribution in [2.24, 2.45) is 5.92 Å².